The summed E-state index contributed by atoms with van der Waals surface area (Å²) in [6.45, 7) is 12.9. The van der Waals surface area contributed by atoms with E-state index in [1.165, 1.54) is 16.0 Å². The van der Waals surface area contributed by atoms with Crippen molar-refractivity contribution in [2.75, 3.05) is 33.0 Å². The Morgan fingerprint density at radius 2 is 1.74 bits per heavy atom. The van der Waals surface area contributed by atoms with Crippen molar-refractivity contribution in [1.82, 2.24) is 4.90 Å². The number of carbonyl (C=O) groups excluding carboxylic acids is 1. The molecule has 4 rings (SSSR count). The molecule has 2 aromatic carbocycles. The van der Waals surface area contributed by atoms with Crippen LogP contribution in [0.1, 0.15) is 38.8 Å². The highest BCUT2D eigenvalue weighted by Gasteiger charge is 2.28. The Hall–Kier alpha value is -2.73. The fourth-order valence-corrected chi connectivity index (χ4v) is 4.10. The van der Waals surface area contributed by atoms with Crippen molar-refractivity contribution in [3.8, 4) is 17.2 Å². The maximum absolute atomic E-state index is 12.9. The van der Waals surface area contributed by atoms with Crippen molar-refractivity contribution >= 4 is 5.91 Å². The minimum atomic E-state index is -0.490. The average molecular weight is 426 g/mol. The van der Waals surface area contributed by atoms with Crippen LogP contribution in [0.4, 0.5) is 0 Å². The first-order chi connectivity index (χ1) is 14.8. The molecule has 1 atom stereocenters. The van der Waals surface area contributed by atoms with E-state index in [9.17, 15) is 4.79 Å². The van der Waals surface area contributed by atoms with Gasteiger partial charge in [0.1, 0.15) is 12.3 Å². The first kappa shape index (κ1) is 21.5. The summed E-state index contributed by atoms with van der Waals surface area (Å²) >= 11 is 0. The fraction of sp³-hybridized carbons (Fsp3) is 0.480. The van der Waals surface area contributed by atoms with E-state index in [0.717, 1.165) is 50.0 Å². The van der Waals surface area contributed by atoms with Gasteiger partial charge in [-0.1, -0.05) is 32.9 Å². The molecule has 1 fully saturated rings. The van der Waals surface area contributed by atoms with Crippen LogP contribution in [0.2, 0.25) is 0 Å². The molecule has 0 saturated carbocycles. The predicted octanol–water partition coefficient (Wildman–Crippen LogP) is 2.41. The number of amides is 1. The molecule has 0 spiro atoms. The second-order valence-electron chi connectivity index (χ2n) is 9.47. The van der Waals surface area contributed by atoms with Crippen LogP contribution in [-0.4, -0.2) is 49.9 Å². The van der Waals surface area contributed by atoms with Crippen molar-refractivity contribution in [3.05, 3.63) is 53.6 Å². The van der Waals surface area contributed by atoms with Gasteiger partial charge in [-0.3, -0.25) is 4.79 Å². The maximum atomic E-state index is 12.9. The molecule has 1 N–H and O–H groups in total. The van der Waals surface area contributed by atoms with E-state index in [0.29, 0.717) is 6.79 Å². The number of piperazine rings is 1. The maximum Gasteiger partial charge on any atom is 0.263 e. The number of carbonyl (C=O) groups is 1. The Bertz CT molecular complexity index is 912. The van der Waals surface area contributed by atoms with Crippen LogP contribution in [0.15, 0.2) is 42.5 Å². The molecule has 0 bridgehead atoms. The first-order valence-corrected chi connectivity index (χ1v) is 11.1. The molecule has 31 heavy (non-hydrogen) atoms. The zero-order chi connectivity index (χ0) is 22.0. The summed E-state index contributed by atoms with van der Waals surface area (Å²) in [6, 6.07) is 14.2. The Morgan fingerprint density at radius 1 is 1.06 bits per heavy atom. The number of nitrogens with one attached hydrogen (secondary N) is 1. The third kappa shape index (κ3) is 5.13. The van der Waals surface area contributed by atoms with Gasteiger partial charge in [0.2, 0.25) is 6.79 Å². The molecule has 6 heteroatoms. The molecule has 2 aliphatic heterocycles. The summed E-state index contributed by atoms with van der Waals surface area (Å²) in [6.07, 6.45) is -0.490. The van der Waals surface area contributed by atoms with E-state index in [1.54, 1.807) is 0 Å². The van der Waals surface area contributed by atoms with Crippen molar-refractivity contribution in [2.24, 2.45) is 0 Å². The van der Waals surface area contributed by atoms with Gasteiger partial charge in [-0.05, 0) is 48.2 Å². The van der Waals surface area contributed by atoms with Gasteiger partial charge in [0.05, 0.1) is 26.2 Å². The molecule has 2 aromatic rings. The standard InChI is InChI=1S/C25H32N2O4/c1-18(31-21-8-6-20(7-9-21)25(2,3)4)24(28)27-13-11-26(12-14-27)16-19-5-10-22-23(15-19)30-17-29-22/h5-10,15,18H,11-14,16-17H2,1-4H3/p+1/t18-/m0/s1. The van der Waals surface area contributed by atoms with E-state index >= 15 is 0 Å². The molecule has 2 aliphatic rings. The largest absolute Gasteiger partial charge is 0.481 e. The van der Waals surface area contributed by atoms with E-state index in [2.05, 4.69) is 45.0 Å². The van der Waals surface area contributed by atoms with Crippen molar-refractivity contribution in [2.45, 2.75) is 45.8 Å². The first-order valence-electron chi connectivity index (χ1n) is 11.1. The Kier molecular flexibility index (Phi) is 6.10. The van der Waals surface area contributed by atoms with E-state index in [-0.39, 0.29) is 11.3 Å². The summed E-state index contributed by atoms with van der Waals surface area (Å²) < 4.78 is 16.8. The highest BCUT2D eigenvalue weighted by atomic mass is 16.7. The van der Waals surface area contributed by atoms with Gasteiger partial charge in [0, 0.05) is 5.56 Å². The average Bonchev–Trinajstić information content (AvgIpc) is 3.21. The fourth-order valence-electron chi connectivity index (χ4n) is 4.10. The Morgan fingerprint density at radius 3 is 2.42 bits per heavy atom. The van der Waals surface area contributed by atoms with E-state index < -0.39 is 6.10 Å². The van der Waals surface area contributed by atoms with Crippen LogP contribution < -0.4 is 19.1 Å². The number of ether oxygens (including phenoxy) is 3. The number of fused-ring (bicyclic) bond motifs is 1. The van der Waals surface area contributed by atoms with Gasteiger partial charge in [-0.2, -0.15) is 0 Å². The third-order valence-corrected chi connectivity index (χ3v) is 6.05. The number of rotatable bonds is 5. The monoisotopic (exact) mass is 425 g/mol. The lowest BCUT2D eigenvalue weighted by Crippen LogP contribution is -3.13. The minimum Gasteiger partial charge on any atom is -0.481 e. The molecule has 6 nitrogen and oxygen atoms in total. The number of quaternary nitrogens is 1. The zero-order valence-corrected chi connectivity index (χ0v) is 18.9. The van der Waals surface area contributed by atoms with Crippen LogP contribution in [0.25, 0.3) is 0 Å². The van der Waals surface area contributed by atoms with Crippen molar-refractivity contribution < 1.29 is 23.9 Å². The topological polar surface area (TPSA) is 52.4 Å². The van der Waals surface area contributed by atoms with Gasteiger partial charge in [0.25, 0.3) is 5.91 Å². The molecule has 0 aliphatic carbocycles. The summed E-state index contributed by atoms with van der Waals surface area (Å²) in [7, 11) is 0. The molecule has 0 unspecified atom stereocenters. The van der Waals surface area contributed by atoms with Gasteiger partial charge in [-0.15, -0.1) is 0 Å². The smallest absolute Gasteiger partial charge is 0.263 e. The Balaban J connectivity index is 1.26. The number of nitrogens with zero attached hydrogens (tertiary/aromatic N) is 1. The van der Waals surface area contributed by atoms with Crippen molar-refractivity contribution in [1.29, 1.82) is 0 Å². The van der Waals surface area contributed by atoms with Crippen molar-refractivity contribution in [3.63, 3.8) is 0 Å². The highest BCUT2D eigenvalue weighted by Crippen LogP contribution is 2.32. The SMILES string of the molecule is C[C@H](Oc1ccc(C(C)(C)C)cc1)C(=O)N1CC[NH+](Cc2ccc3c(c2)OCO3)CC1. The predicted molar refractivity (Wildman–Crippen MR) is 119 cm³/mol. The van der Waals surface area contributed by atoms with E-state index in [4.69, 9.17) is 14.2 Å². The molecular formula is C25H33N2O4+. The van der Waals surface area contributed by atoms with Gasteiger partial charge < -0.3 is 24.0 Å². The lowest BCUT2D eigenvalue weighted by atomic mass is 9.87. The highest BCUT2D eigenvalue weighted by molar-refractivity contribution is 5.81. The van der Waals surface area contributed by atoms with Gasteiger partial charge in [0.15, 0.2) is 17.6 Å². The number of benzene rings is 2. The molecule has 0 radical (unpaired) electrons. The van der Waals surface area contributed by atoms with Crippen LogP contribution in [0.5, 0.6) is 17.2 Å². The number of hydrogen-bond acceptors (Lipinski definition) is 4. The lowest BCUT2D eigenvalue weighted by molar-refractivity contribution is -0.917. The minimum absolute atomic E-state index is 0.0574. The van der Waals surface area contributed by atoms with Crippen LogP contribution in [-0.2, 0) is 16.8 Å². The lowest BCUT2D eigenvalue weighted by Gasteiger charge is -2.33. The molecule has 166 valence electrons. The molecular weight excluding hydrogens is 392 g/mol. The van der Waals surface area contributed by atoms with Gasteiger partial charge >= 0.3 is 0 Å². The normalized spacial score (nSPS) is 17.5. The zero-order valence-electron chi connectivity index (χ0n) is 18.9. The molecule has 1 amide bonds. The second-order valence-corrected chi connectivity index (χ2v) is 9.47. The van der Waals surface area contributed by atoms with Gasteiger partial charge in [-0.25, -0.2) is 0 Å². The Labute approximate surface area is 184 Å². The molecule has 1 saturated heterocycles. The van der Waals surface area contributed by atoms with Crippen LogP contribution >= 0.6 is 0 Å². The third-order valence-electron chi connectivity index (χ3n) is 6.05. The summed E-state index contributed by atoms with van der Waals surface area (Å²) in [5, 5.41) is 0. The summed E-state index contributed by atoms with van der Waals surface area (Å²) in [5.41, 5.74) is 2.58. The molecule has 2 heterocycles. The number of hydrogen-bond donors (Lipinski definition) is 1. The summed E-state index contributed by atoms with van der Waals surface area (Å²) in [5.74, 6) is 2.44. The molecule has 0 aromatic heterocycles. The quantitative estimate of drug-likeness (QED) is 0.799. The van der Waals surface area contributed by atoms with E-state index in [1.807, 2.05) is 30.0 Å². The van der Waals surface area contributed by atoms with Crippen LogP contribution in [0, 0.1) is 0 Å². The summed E-state index contributed by atoms with van der Waals surface area (Å²) in [4.78, 5) is 16.3. The second kappa shape index (κ2) is 8.79. The van der Waals surface area contributed by atoms with Crippen LogP contribution in [0.3, 0.4) is 0 Å².